The van der Waals surface area contributed by atoms with Crippen molar-refractivity contribution in [1.29, 1.82) is 0 Å². The van der Waals surface area contributed by atoms with E-state index in [0.29, 0.717) is 5.75 Å². The van der Waals surface area contributed by atoms with Crippen molar-refractivity contribution in [2.24, 2.45) is 0 Å². The molecule has 16 heavy (non-hydrogen) atoms. The third kappa shape index (κ3) is 3.01. The number of esters is 1. The lowest BCUT2D eigenvalue weighted by molar-refractivity contribution is -0.139. The topological polar surface area (TPSA) is 44.8 Å². The minimum Gasteiger partial charge on any atom is -0.496 e. The zero-order valence-electron chi connectivity index (χ0n) is 9.37. The molecular weight excluding hydrogens is 323 g/mol. The molecule has 0 heterocycles. The van der Waals surface area contributed by atoms with Crippen molar-refractivity contribution >= 4 is 28.6 Å². The van der Waals surface area contributed by atoms with Crippen LogP contribution in [0.1, 0.15) is 5.56 Å². The molecule has 88 valence electrons. The number of hydrogen-bond donors (Lipinski definition) is 0. The molecule has 0 aliphatic carbocycles. The minimum absolute atomic E-state index is 0.174. The second-order valence-corrected chi connectivity index (χ2v) is 4.21. The van der Waals surface area contributed by atoms with Crippen molar-refractivity contribution in [2.45, 2.75) is 6.42 Å². The summed E-state index contributed by atoms with van der Waals surface area (Å²) in [5, 5.41) is 0. The number of hydrogen-bond acceptors (Lipinski definition) is 4. The van der Waals surface area contributed by atoms with Gasteiger partial charge in [-0.15, -0.1) is 0 Å². The Bertz CT molecular complexity index is 390. The molecule has 0 aliphatic heterocycles. The van der Waals surface area contributed by atoms with Gasteiger partial charge in [0.2, 0.25) is 0 Å². The first-order valence-corrected chi connectivity index (χ1v) is 5.67. The molecule has 0 aliphatic rings. The molecule has 0 saturated heterocycles. The van der Waals surface area contributed by atoms with Gasteiger partial charge in [-0.05, 0) is 34.7 Å². The molecule has 0 atom stereocenters. The summed E-state index contributed by atoms with van der Waals surface area (Å²) in [7, 11) is 4.52. The van der Waals surface area contributed by atoms with Crippen LogP contribution < -0.4 is 9.47 Å². The van der Waals surface area contributed by atoms with Gasteiger partial charge < -0.3 is 14.2 Å². The Balaban J connectivity index is 3.09. The molecule has 0 aromatic heterocycles. The highest BCUT2D eigenvalue weighted by molar-refractivity contribution is 14.1. The highest BCUT2D eigenvalue weighted by Gasteiger charge is 2.12. The van der Waals surface area contributed by atoms with Gasteiger partial charge in [-0.3, -0.25) is 4.79 Å². The van der Waals surface area contributed by atoms with Gasteiger partial charge in [0.1, 0.15) is 11.5 Å². The molecular formula is C11H13IO4. The standard InChI is InChI=1S/C11H13IO4/c1-14-9-6-8(12)10(15-2)4-7(9)5-11(13)16-3/h4,6H,5H2,1-3H3. The smallest absolute Gasteiger partial charge is 0.310 e. The van der Waals surface area contributed by atoms with Crippen LogP contribution in [0.5, 0.6) is 11.5 Å². The van der Waals surface area contributed by atoms with Crippen LogP contribution in [0.15, 0.2) is 12.1 Å². The van der Waals surface area contributed by atoms with Crippen LogP contribution in [-0.4, -0.2) is 27.3 Å². The summed E-state index contributed by atoms with van der Waals surface area (Å²) in [4.78, 5) is 11.2. The number of ether oxygens (including phenoxy) is 3. The lowest BCUT2D eigenvalue weighted by Gasteiger charge is -2.11. The summed E-state index contributed by atoms with van der Waals surface area (Å²) in [5.74, 6) is 1.08. The van der Waals surface area contributed by atoms with E-state index in [0.717, 1.165) is 14.9 Å². The van der Waals surface area contributed by atoms with Crippen LogP contribution >= 0.6 is 22.6 Å². The maximum absolute atomic E-state index is 11.2. The zero-order valence-corrected chi connectivity index (χ0v) is 11.5. The SMILES string of the molecule is COC(=O)Cc1cc(OC)c(I)cc1OC. The maximum atomic E-state index is 11.2. The van der Waals surface area contributed by atoms with E-state index in [9.17, 15) is 4.79 Å². The van der Waals surface area contributed by atoms with E-state index in [4.69, 9.17) is 9.47 Å². The summed E-state index contributed by atoms with van der Waals surface area (Å²) in [6.07, 6.45) is 0.174. The number of halogens is 1. The molecule has 0 unspecified atom stereocenters. The number of rotatable bonds is 4. The van der Waals surface area contributed by atoms with E-state index in [1.165, 1.54) is 7.11 Å². The van der Waals surface area contributed by atoms with Crippen molar-refractivity contribution < 1.29 is 19.0 Å². The van der Waals surface area contributed by atoms with Crippen molar-refractivity contribution in [1.82, 2.24) is 0 Å². The van der Waals surface area contributed by atoms with Crippen LogP contribution in [0, 0.1) is 3.57 Å². The molecule has 0 fully saturated rings. The van der Waals surface area contributed by atoms with Crippen molar-refractivity contribution in [3.63, 3.8) is 0 Å². The molecule has 1 aromatic carbocycles. The van der Waals surface area contributed by atoms with E-state index in [1.54, 1.807) is 20.3 Å². The lowest BCUT2D eigenvalue weighted by Crippen LogP contribution is -2.06. The van der Waals surface area contributed by atoms with Gasteiger partial charge in [-0.2, -0.15) is 0 Å². The summed E-state index contributed by atoms with van der Waals surface area (Å²) in [6, 6.07) is 3.62. The summed E-state index contributed by atoms with van der Waals surface area (Å²) in [6.45, 7) is 0. The summed E-state index contributed by atoms with van der Waals surface area (Å²) < 4.78 is 15.9. The molecule has 0 amide bonds. The highest BCUT2D eigenvalue weighted by atomic mass is 127. The third-order valence-corrected chi connectivity index (χ3v) is 2.96. The van der Waals surface area contributed by atoms with Gasteiger partial charge in [0, 0.05) is 5.56 Å². The second-order valence-electron chi connectivity index (χ2n) is 3.05. The van der Waals surface area contributed by atoms with Crippen LogP contribution in [0.25, 0.3) is 0 Å². The Morgan fingerprint density at radius 1 is 1.19 bits per heavy atom. The van der Waals surface area contributed by atoms with Gasteiger partial charge >= 0.3 is 5.97 Å². The Kier molecular flexibility index (Phi) is 4.85. The van der Waals surface area contributed by atoms with Gasteiger partial charge in [0.15, 0.2) is 0 Å². The molecule has 1 rings (SSSR count). The maximum Gasteiger partial charge on any atom is 0.310 e. The molecule has 4 nitrogen and oxygen atoms in total. The number of methoxy groups -OCH3 is 3. The minimum atomic E-state index is -0.304. The molecule has 5 heteroatoms. The Morgan fingerprint density at radius 3 is 2.31 bits per heavy atom. The van der Waals surface area contributed by atoms with Crippen LogP contribution in [0.2, 0.25) is 0 Å². The Morgan fingerprint density at radius 2 is 1.81 bits per heavy atom. The molecule has 0 radical (unpaired) electrons. The summed E-state index contributed by atoms with van der Waals surface area (Å²) >= 11 is 2.15. The van der Waals surface area contributed by atoms with Gasteiger partial charge in [-0.25, -0.2) is 0 Å². The third-order valence-electron chi connectivity index (χ3n) is 2.12. The quantitative estimate of drug-likeness (QED) is 0.623. The molecule has 0 saturated carbocycles. The van der Waals surface area contributed by atoms with Gasteiger partial charge in [0.05, 0.1) is 31.3 Å². The van der Waals surface area contributed by atoms with Crippen LogP contribution in [0.3, 0.4) is 0 Å². The number of benzene rings is 1. The summed E-state index contributed by atoms with van der Waals surface area (Å²) in [5.41, 5.74) is 0.756. The first kappa shape index (κ1) is 13.1. The fourth-order valence-electron chi connectivity index (χ4n) is 1.29. The van der Waals surface area contributed by atoms with Crippen molar-refractivity contribution in [3.8, 4) is 11.5 Å². The van der Waals surface area contributed by atoms with Gasteiger partial charge in [0.25, 0.3) is 0 Å². The number of carbonyl (C=O) groups excluding carboxylic acids is 1. The predicted octanol–water partition coefficient (Wildman–Crippen LogP) is 2.02. The second kappa shape index (κ2) is 5.93. The van der Waals surface area contributed by atoms with Gasteiger partial charge in [-0.1, -0.05) is 0 Å². The molecule has 0 bridgehead atoms. The molecule has 0 N–H and O–H groups in total. The van der Waals surface area contributed by atoms with E-state index in [2.05, 4.69) is 27.3 Å². The Hall–Kier alpha value is -0.980. The van der Waals surface area contributed by atoms with E-state index in [1.807, 2.05) is 6.07 Å². The fourth-order valence-corrected chi connectivity index (χ4v) is 1.95. The zero-order chi connectivity index (χ0) is 12.1. The predicted molar refractivity (Wildman–Crippen MR) is 68.0 cm³/mol. The lowest BCUT2D eigenvalue weighted by atomic mass is 10.1. The average Bonchev–Trinajstić information content (AvgIpc) is 2.30. The fraction of sp³-hybridized carbons (Fsp3) is 0.364. The van der Waals surface area contributed by atoms with Crippen molar-refractivity contribution in [2.75, 3.05) is 21.3 Å². The molecule has 0 spiro atoms. The monoisotopic (exact) mass is 336 g/mol. The van der Waals surface area contributed by atoms with E-state index in [-0.39, 0.29) is 12.4 Å². The first-order chi connectivity index (χ1) is 7.62. The first-order valence-electron chi connectivity index (χ1n) is 4.59. The van der Waals surface area contributed by atoms with Crippen LogP contribution in [0.4, 0.5) is 0 Å². The molecule has 1 aromatic rings. The normalized spacial score (nSPS) is 9.75. The van der Waals surface area contributed by atoms with E-state index >= 15 is 0 Å². The van der Waals surface area contributed by atoms with Crippen LogP contribution in [-0.2, 0) is 16.0 Å². The van der Waals surface area contributed by atoms with Crippen molar-refractivity contribution in [3.05, 3.63) is 21.3 Å². The Labute approximate surface area is 108 Å². The largest absolute Gasteiger partial charge is 0.496 e. The average molecular weight is 336 g/mol. The highest BCUT2D eigenvalue weighted by Crippen LogP contribution is 2.30. The number of carbonyl (C=O) groups is 1. The van der Waals surface area contributed by atoms with E-state index < -0.39 is 0 Å².